The largest absolute Gasteiger partial charge is 0.458 e. The van der Waals surface area contributed by atoms with Crippen LogP contribution in [0.25, 0.3) is 72.3 Å². The van der Waals surface area contributed by atoms with Crippen molar-refractivity contribution in [3.05, 3.63) is 199 Å². The molecule has 0 aliphatic rings. The Morgan fingerprint density at radius 1 is 0.677 bits per heavy atom. The van der Waals surface area contributed by atoms with Crippen molar-refractivity contribution in [1.29, 1.82) is 0 Å². The lowest BCUT2D eigenvalue weighted by Gasteiger charge is -2.18. The number of ether oxygens (including phenoxy) is 1. The molecule has 0 atom stereocenters. The van der Waals surface area contributed by atoms with Gasteiger partial charge in [0, 0.05) is 25.8 Å². The van der Waals surface area contributed by atoms with E-state index < -0.39 is 72.2 Å². The van der Waals surface area contributed by atoms with Crippen LogP contribution in [-0.2, 0) is 12.8 Å². The Morgan fingerprint density at radius 2 is 1.39 bits per heavy atom. The summed E-state index contributed by atoms with van der Waals surface area (Å²) in [5, 5.41) is 2.01. The van der Waals surface area contributed by atoms with Gasteiger partial charge in [-0.3, -0.25) is 13.7 Å². The molecule has 10 aromatic rings. The standard InChI is InChI=1S/C57H50N4O/c1-39(2)32-40-26-29-51-50(33-40)49-28-27-46(36-54(49)61(51)55-34-41(30-31-58-55)37-57(3,4)5)62-45-21-14-20-44(35-45)59-38-60(53-25-13-12-24-52(53)59)56-47(42-16-8-6-9-17-42)22-15-23-48(56)43-18-10-7-11-19-43/h6-31,33-36,39H,32,37H2,1-5H3/i6D,7D,8D,9D,10D,11D,16D,17D,18D,19D,37D2. The van der Waals surface area contributed by atoms with Crippen LogP contribution in [0.4, 0.5) is 0 Å². The first-order valence-electron chi connectivity index (χ1n) is 26.6. The highest BCUT2D eigenvalue weighted by Gasteiger charge is 2.21. The van der Waals surface area contributed by atoms with Crippen molar-refractivity contribution in [2.75, 3.05) is 0 Å². The van der Waals surface area contributed by atoms with E-state index in [1.807, 2.05) is 87.5 Å². The van der Waals surface area contributed by atoms with Gasteiger partial charge in [-0.25, -0.2) is 4.98 Å². The van der Waals surface area contributed by atoms with Gasteiger partial charge in [0.15, 0.2) is 0 Å². The normalized spacial score (nSPS) is 14.9. The minimum atomic E-state index is -1.66. The molecule has 0 saturated carbocycles. The molecule has 0 unspecified atom stereocenters. The molecule has 5 nitrogen and oxygen atoms in total. The number of nitrogens with zero attached hydrogens (tertiary/aromatic N) is 4. The second-order valence-electron chi connectivity index (χ2n) is 16.8. The average Bonchev–Trinajstić information content (AvgIpc) is 3.92. The van der Waals surface area contributed by atoms with Crippen molar-refractivity contribution in [3.8, 4) is 50.9 Å². The molecule has 3 aromatic heterocycles. The third-order valence-corrected chi connectivity index (χ3v) is 10.6. The second-order valence-corrected chi connectivity index (χ2v) is 16.8. The van der Waals surface area contributed by atoms with Gasteiger partial charge in [0.25, 0.3) is 6.33 Å². The number of para-hydroxylation sites is 3. The Hall–Kier alpha value is -7.24. The third kappa shape index (κ3) is 7.56. The number of hydrogen-bond acceptors (Lipinski definition) is 2. The quantitative estimate of drug-likeness (QED) is 0.102. The molecule has 0 saturated heterocycles. The highest BCUT2D eigenvalue weighted by molar-refractivity contribution is 6.09. The van der Waals surface area contributed by atoms with Crippen LogP contribution in [0.1, 0.15) is 62.2 Å². The molecule has 0 amide bonds. The summed E-state index contributed by atoms with van der Waals surface area (Å²) in [5.41, 5.74) is 4.70. The molecule has 3 heterocycles. The van der Waals surface area contributed by atoms with Crippen LogP contribution in [0.5, 0.6) is 11.5 Å². The maximum Gasteiger partial charge on any atom is 0.269 e. The van der Waals surface area contributed by atoms with E-state index >= 15 is 0 Å². The molecule has 0 radical (unpaired) electrons. The molecule has 0 N–H and O–H groups in total. The highest BCUT2D eigenvalue weighted by Crippen LogP contribution is 2.38. The number of imidazole rings is 1. The Morgan fingerprint density at radius 3 is 2.11 bits per heavy atom. The molecule has 5 heteroatoms. The fourth-order valence-corrected chi connectivity index (χ4v) is 8.20. The van der Waals surface area contributed by atoms with Crippen molar-refractivity contribution in [2.24, 2.45) is 11.3 Å². The van der Waals surface area contributed by atoms with Gasteiger partial charge in [-0.2, -0.15) is 0 Å². The maximum atomic E-state index is 9.09. The SMILES string of the molecule is [2H]c1c([2H])c([2H])c(-c2cccc(-c3c([2H])c([2H])c([2H])c([2H])c3[2H])c2-[n+]2[c-]n(-c3cccc(Oc4ccc5c6cc(CC(C)C)ccc6n(-c6cc(C([2H])([2H])C(C)(C)C)ccn6)c5c4)c3)c3ccccc32)c([2H])c1[2H]. The first-order chi connectivity index (χ1) is 35.1. The third-order valence-electron chi connectivity index (χ3n) is 10.6. The number of pyridine rings is 1. The smallest absolute Gasteiger partial charge is 0.269 e. The van der Waals surface area contributed by atoms with Crippen LogP contribution in [0.3, 0.4) is 0 Å². The van der Waals surface area contributed by atoms with Crippen molar-refractivity contribution in [3.63, 3.8) is 0 Å². The van der Waals surface area contributed by atoms with Crippen LogP contribution in [0.15, 0.2) is 182 Å². The Kier molecular flexibility index (Phi) is 7.11. The molecule has 0 bridgehead atoms. The van der Waals surface area contributed by atoms with Crippen molar-refractivity contribution >= 4 is 32.8 Å². The first-order valence-corrected chi connectivity index (χ1v) is 20.6. The molecule has 62 heavy (non-hydrogen) atoms. The van der Waals surface area contributed by atoms with Crippen LogP contribution in [0, 0.1) is 17.7 Å². The molecule has 10 rings (SSSR count). The summed E-state index contributed by atoms with van der Waals surface area (Å²) < 4.78 is 117. The lowest BCUT2D eigenvalue weighted by Crippen LogP contribution is -2.31. The zero-order chi connectivity index (χ0) is 52.9. The molecule has 0 fully saturated rings. The molecule has 304 valence electrons. The summed E-state index contributed by atoms with van der Waals surface area (Å²) in [6.45, 7) is 10.0. The highest BCUT2D eigenvalue weighted by atomic mass is 16.5. The minimum absolute atomic E-state index is 0.144. The van der Waals surface area contributed by atoms with E-state index in [1.165, 1.54) is 5.56 Å². The van der Waals surface area contributed by atoms with Gasteiger partial charge in [0.1, 0.15) is 17.3 Å². The Bertz CT molecular complexity index is 3780. The molecule has 0 spiro atoms. The van der Waals surface area contributed by atoms with Crippen LogP contribution < -0.4 is 9.30 Å². The van der Waals surface area contributed by atoms with E-state index in [2.05, 4.69) is 42.9 Å². The Balaban J connectivity index is 1.14. The zero-order valence-electron chi connectivity index (χ0n) is 47.0. The summed E-state index contributed by atoms with van der Waals surface area (Å²) in [5.74, 6) is 2.01. The zero-order valence-corrected chi connectivity index (χ0v) is 35.0. The van der Waals surface area contributed by atoms with E-state index in [0.717, 1.165) is 28.2 Å². The number of hydrogen-bond donors (Lipinski definition) is 0. The van der Waals surface area contributed by atoms with E-state index in [-0.39, 0.29) is 27.9 Å². The van der Waals surface area contributed by atoms with Gasteiger partial charge >= 0.3 is 0 Å². The predicted octanol–water partition coefficient (Wildman–Crippen LogP) is 14.1. The lowest BCUT2D eigenvalue weighted by atomic mass is 9.88. The van der Waals surface area contributed by atoms with Gasteiger partial charge in [-0.05, 0) is 112 Å². The molecule has 0 aliphatic carbocycles. The average molecular weight is 819 g/mol. The van der Waals surface area contributed by atoms with Crippen molar-refractivity contribution in [2.45, 2.75) is 47.4 Å². The summed E-state index contributed by atoms with van der Waals surface area (Å²) in [6.07, 6.45) is 4.33. The number of benzene rings is 7. The topological polar surface area (TPSA) is 35.9 Å². The van der Waals surface area contributed by atoms with Crippen LogP contribution in [0.2, 0.25) is 0 Å². The summed E-state index contributed by atoms with van der Waals surface area (Å²) in [4.78, 5) is 4.80. The lowest BCUT2D eigenvalue weighted by molar-refractivity contribution is -0.571. The summed E-state index contributed by atoms with van der Waals surface area (Å²) in [6, 6.07) is 30.0. The number of fused-ring (bicyclic) bond motifs is 4. The van der Waals surface area contributed by atoms with Crippen molar-refractivity contribution < 1.29 is 25.8 Å². The van der Waals surface area contributed by atoms with Gasteiger partial charge in [0.2, 0.25) is 0 Å². The molecule has 7 aromatic carbocycles. The van der Waals surface area contributed by atoms with E-state index in [9.17, 15) is 0 Å². The maximum absolute atomic E-state index is 9.09. The van der Waals surface area contributed by atoms with Gasteiger partial charge < -0.3 is 4.74 Å². The summed E-state index contributed by atoms with van der Waals surface area (Å²) in [7, 11) is 0. The molecule has 0 aliphatic heterocycles. The van der Waals surface area contributed by atoms with Gasteiger partial charge in [-0.1, -0.05) is 150 Å². The minimum Gasteiger partial charge on any atom is -0.458 e. The van der Waals surface area contributed by atoms with E-state index in [4.69, 9.17) is 26.2 Å². The van der Waals surface area contributed by atoms with E-state index in [1.54, 1.807) is 45.7 Å². The van der Waals surface area contributed by atoms with E-state index in [0.29, 0.717) is 45.5 Å². The number of rotatable bonds is 10. The second kappa shape index (κ2) is 16.0. The van der Waals surface area contributed by atoms with Gasteiger partial charge in [0.05, 0.1) is 47.1 Å². The van der Waals surface area contributed by atoms with Crippen molar-refractivity contribution in [1.82, 2.24) is 14.1 Å². The Labute approximate surface area is 381 Å². The molecular weight excluding hydrogens is 757 g/mol. The monoisotopic (exact) mass is 818 g/mol. The van der Waals surface area contributed by atoms with Crippen LogP contribution in [-0.4, -0.2) is 14.1 Å². The van der Waals surface area contributed by atoms with Gasteiger partial charge in [-0.15, -0.1) is 0 Å². The fourth-order valence-electron chi connectivity index (χ4n) is 8.20. The summed E-state index contributed by atoms with van der Waals surface area (Å²) >= 11 is 0. The predicted molar refractivity (Wildman–Crippen MR) is 255 cm³/mol. The fraction of sp³-hybridized carbons (Fsp3) is 0.158. The number of aromatic nitrogens is 4. The molecular formula is C57H50N4O. The van der Waals surface area contributed by atoms with Crippen LogP contribution >= 0.6 is 0 Å². The first kappa shape index (κ1) is 27.6.